The van der Waals surface area contributed by atoms with Crippen LogP contribution in [0.4, 0.5) is 0 Å². The lowest BCUT2D eigenvalue weighted by Crippen LogP contribution is -2.34. The smallest absolute Gasteiger partial charge is 0.261 e. The number of ether oxygens (including phenoxy) is 3. The van der Waals surface area contributed by atoms with Gasteiger partial charge in [-0.25, -0.2) is 0 Å². The van der Waals surface area contributed by atoms with Crippen molar-refractivity contribution < 1.29 is 19.0 Å². The van der Waals surface area contributed by atoms with Gasteiger partial charge in [0.15, 0.2) is 18.1 Å². The van der Waals surface area contributed by atoms with E-state index in [1.807, 2.05) is 23.1 Å². The Kier molecular flexibility index (Phi) is 5.83. The van der Waals surface area contributed by atoms with Crippen LogP contribution in [0.25, 0.3) is 11.1 Å². The number of nitrogens with zero attached hydrogens (tertiary/aromatic N) is 3. The first-order chi connectivity index (χ1) is 14.7. The van der Waals surface area contributed by atoms with Gasteiger partial charge in [-0.3, -0.25) is 14.9 Å². The van der Waals surface area contributed by atoms with Crippen molar-refractivity contribution in [2.24, 2.45) is 0 Å². The molecule has 0 aliphatic carbocycles. The van der Waals surface area contributed by atoms with Crippen molar-refractivity contribution in [3.05, 3.63) is 54.6 Å². The summed E-state index contributed by atoms with van der Waals surface area (Å²) >= 11 is 0. The van der Waals surface area contributed by atoms with Gasteiger partial charge >= 0.3 is 0 Å². The zero-order valence-corrected chi connectivity index (χ0v) is 17.0. The minimum Gasteiger partial charge on any atom is -0.493 e. The molecule has 3 heterocycles. The van der Waals surface area contributed by atoms with Gasteiger partial charge in [-0.15, -0.1) is 0 Å². The van der Waals surface area contributed by atoms with Crippen molar-refractivity contribution in [3.63, 3.8) is 0 Å². The highest BCUT2D eigenvalue weighted by molar-refractivity contribution is 5.79. The molecule has 1 aliphatic heterocycles. The van der Waals surface area contributed by atoms with Gasteiger partial charge in [0.05, 0.1) is 32.2 Å². The second-order valence-corrected chi connectivity index (χ2v) is 6.96. The maximum atomic E-state index is 13.0. The van der Waals surface area contributed by atoms with Crippen LogP contribution in [0.15, 0.2) is 48.9 Å². The second kappa shape index (κ2) is 8.86. The summed E-state index contributed by atoms with van der Waals surface area (Å²) in [5, 5.41) is 7.32. The number of aromatic nitrogens is 3. The van der Waals surface area contributed by atoms with Crippen LogP contribution < -0.4 is 14.2 Å². The number of methoxy groups -OCH3 is 2. The number of carbonyl (C=O) groups is 1. The lowest BCUT2D eigenvalue weighted by atomic mass is 10.0. The fourth-order valence-electron chi connectivity index (χ4n) is 3.85. The van der Waals surface area contributed by atoms with Crippen molar-refractivity contribution in [2.45, 2.75) is 18.9 Å². The first kappa shape index (κ1) is 19.8. The summed E-state index contributed by atoms with van der Waals surface area (Å²) < 4.78 is 16.5. The van der Waals surface area contributed by atoms with E-state index in [1.165, 1.54) is 0 Å². The van der Waals surface area contributed by atoms with E-state index >= 15 is 0 Å². The average molecular weight is 408 g/mol. The van der Waals surface area contributed by atoms with E-state index in [0.717, 1.165) is 29.7 Å². The van der Waals surface area contributed by atoms with E-state index in [2.05, 4.69) is 15.2 Å². The zero-order valence-electron chi connectivity index (χ0n) is 17.0. The highest BCUT2D eigenvalue weighted by atomic mass is 16.5. The van der Waals surface area contributed by atoms with Crippen molar-refractivity contribution in [2.75, 3.05) is 27.4 Å². The Balaban J connectivity index is 1.52. The number of hydrogen-bond acceptors (Lipinski definition) is 6. The van der Waals surface area contributed by atoms with Crippen LogP contribution >= 0.6 is 0 Å². The molecule has 3 aromatic rings. The van der Waals surface area contributed by atoms with Crippen molar-refractivity contribution in [1.82, 2.24) is 20.1 Å². The van der Waals surface area contributed by atoms with Gasteiger partial charge in [0.1, 0.15) is 0 Å². The van der Waals surface area contributed by atoms with E-state index in [0.29, 0.717) is 23.8 Å². The van der Waals surface area contributed by atoms with Gasteiger partial charge in [0.25, 0.3) is 5.91 Å². The number of aromatic amines is 1. The van der Waals surface area contributed by atoms with E-state index in [1.54, 1.807) is 44.9 Å². The molecule has 1 amide bonds. The molecule has 30 heavy (non-hydrogen) atoms. The maximum Gasteiger partial charge on any atom is 0.261 e. The standard InChI is InChI=1S/C22H24N4O4/c1-28-18-6-3-7-19(29-2)22(18)30-14-20(27)26-12-4-5-17(26)21-16(13-24-25-21)15-8-10-23-11-9-15/h3,6-11,13,17H,4-5,12,14H2,1-2H3,(H,24,25)/t17-/m1/s1. The number of H-pyrrole nitrogens is 1. The van der Waals surface area contributed by atoms with Gasteiger partial charge in [-0.05, 0) is 42.7 Å². The Bertz CT molecular complexity index is 983. The molecule has 8 heteroatoms. The van der Waals surface area contributed by atoms with Crippen LogP contribution in [0.5, 0.6) is 17.2 Å². The topological polar surface area (TPSA) is 89.6 Å². The molecule has 1 N–H and O–H groups in total. The molecule has 1 saturated heterocycles. The van der Waals surface area contributed by atoms with E-state index in [-0.39, 0.29) is 18.6 Å². The molecule has 2 aromatic heterocycles. The number of para-hydroxylation sites is 1. The first-order valence-electron chi connectivity index (χ1n) is 9.80. The van der Waals surface area contributed by atoms with Crippen LogP contribution in [0, 0.1) is 0 Å². The third-order valence-electron chi connectivity index (χ3n) is 5.29. The molecule has 1 aromatic carbocycles. The van der Waals surface area contributed by atoms with Crippen molar-refractivity contribution in [1.29, 1.82) is 0 Å². The molecule has 0 saturated carbocycles. The molecule has 0 spiro atoms. The number of hydrogen-bond donors (Lipinski definition) is 1. The maximum absolute atomic E-state index is 13.0. The molecule has 0 bridgehead atoms. The highest BCUT2D eigenvalue weighted by Crippen LogP contribution is 2.38. The summed E-state index contributed by atoms with van der Waals surface area (Å²) in [6.07, 6.45) is 7.07. The highest BCUT2D eigenvalue weighted by Gasteiger charge is 2.33. The molecule has 1 atom stereocenters. The van der Waals surface area contributed by atoms with Crippen molar-refractivity contribution in [3.8, 4) is 28.4 Å². The molecular formula is C22H24N4O4. The quantitative estimate of drug-likeness (QED) is 0.646. The van der Waals surface area contributed by atoms with Crippen molar-refractivity contribution >= 4 is 5.91 Å². The largest absolute Gasteiger partial charge is 0.493 e. The van der Waals surface area contributed by atoms with Crippen LogP contribution in [0.1, 0.15) is 24.6 Å². The molecule has 1 fully saturated rings. The number of likely N-dealkylation sites (tertiary alicyclic amines) is 1. The van der Waals surface area contributed by atoms with Crippen LogP contribution in [-0.4, -0.2) is 53.4 Å². The molecule has 0 unspecified atom stereocenters. The minimum absolute atomic E-state index is 0.0775. The molecule has 0 radical (unpaired) electrons. The van der Waals surface area contributed by atoms with Gasteiger partial charge in [0, 0.05) is 24.5 Å². The Labute approximate surface area is 174 Å². The molecule has 8 nitrogen and oxygen atoms in total. The lowest BCUT2D eigenvalue weighted by molar-refractivity contribution is -0.134. The number of rotatable bonds is 7. The average Bonchev–Trinajstić information content (AvgIpc) is 3.47. The molecule has 156 valence electrons. The fraction of sp³-hybridized carbons (Fsp3) is 0.318. The predicted octanol–water partition coefficient (Wildman–Crippen LogP) is 3.23. The Morgan fingerprint density at radius 2 is 1.90 bits per heavy atom. The summed E-state index contributed by atoms with van der Waals surface area (Å²) in [4.78, 5) is 19.0. The third kappa shape index (κ3) is 3.80. The monoisotopic (exact) mass is 408 g/mol. The summed E-state index contributed by atoms with van der Waals surface area (Å²) in [6.45, 7) is 0.566. The van der Waals surface area contributed by atoms with E-state index in [4.69, 9.17) is 14.2 Å². The number of pyridine rings is 1. The summed E-state index contributed by atoms with van der Waals surface area (Å²) in [5.74, 6) is 1.37. The second-order valence-electron chi connectivity index (χ2n) is 6.96. The van der Waals surface area contributed by atoms with Crippen LogP contribution in [0.2, 0.25) is 0 Å². The summed E-state index contributed by atoms with van der Waals surface area (Å²) in [6, 6.07) is 9.14. The van der Waals surface area contributed by atoms with Gasteiger partial charge in [0.2, 0.25) is 5.75 Å². The molecule has 1 aliphatic rings. The number of benzene rings is 1. The zero-order chi connectivity index (χ0) is 20.9. The molecule has 4 rings (SSSR count). The fourth-order valence-corrected chi connectivity index (χ4v) is 3.85. The number of amides is 1. The minimum atomic E-state index is -0.105. The number of carbonyl (C=O) groups excluding carboxylic acids is 1. The number of nitrogens with one attached hydrogen (secondary N) is 1. The lowest BCUT2D eigenvalue weighted by Gasteiger charge is -2.25. The Morgan fingerprint density at radius 1 is 1.17 bits per heavy atom. The third-order valence-corrected chi connectivity index (χ3v) is 5.29. The van der Waals surface area contributed by atoms with Gasteiger partial charge in [-0.1, -0.05) is 6.07 Å². The molecular weight excluding hydrogens is 384 g/mol. The van der Waals surface area contributed by atoms with Crippen LogP contribution in [0.3, 0.4) is 0 Å². The first-order valence-corrected chi connectivity index (χ1v) is 9.80. The normalized spacial score (nSPS) is 15.8. The van der Waals surface area contributed by atoms with E-state index in [9.17, 15) is 4.79 Å². The van der Waals surface area contributed by atoms with E-state index < -0.39 is 0 Å². The summed E-state index contributed by atoms with van der Waals surface area (Å²) in [5.41, 5.74) is 2.93. The Morgan fingerprint density at radius 3 is 2.60 bits per heavy atom. The SMILES string of the molecule is COc1cccc(OC)c1OCC(=O)N1CCC[C@@H]1c1[nH]ncc1-c1ccncc1. The predicted molar refractivity (Wildman–Crippen MR) is 111 cm³/mol. The van der Waals surface area contributed by atoms with Gasteiger partial charge < -0.3 is 19.1 Å². The van der Waals surface area contributed by atoms with Crippen LogP contribution in [-0.2, 0) is 4.79 Å². The van der Waals surface area contributed by atoms with Gasteiger partial charge in [-0.2, -0.15) is 5.10 Å². The summed E-state index contributed by atoms with van der Waals surface area (Å²) in [7, 11) is 3.11. The Hall–Kier alpha value is -3.55.